The molecule has 3 aromatic carbocycles. The van der Waals surface area contributed by atoms with Crippen LogP contribution in [0, 0.1) is 17.0 Å². The Labute approximate surface area is 268 Å². The van der Waals surface area contributed by atoms with Gasteiger partial charge in [-0.15, -0.1) is 0 Å². The van der Waals surface area contributed by atoms with Gasteiger partial charge in [-0.2, -0.15) is 0 Å². The van der Waals surface area contributed by atoms with E-state index in [1.54, 1.807) is 6.92 Å². The maximum Gasteiger partial charge on any atom is 0.273 e. The first-order valence-corrected chi connectivity index (χ1v) is 16.5. The molecule has 1 aliphatic carbocycles. The fourth-order valence-electron chi connectivity index (χ4n) is 5.51. The van der Waals surface area contributed by atoms with Crippen LogP contribution in [0.4, 0.5) is 11.4 Å². The third kappa shape index (κ3) is 7.93. The SMILES string of the molecule is CCC(C(=O)NC1CCCC1)N(Cc1ccccc1)C(=O)CN(c1cc(Cl)ccc1OC)S(=O)(=O)c1ccc(C)c([N+](=O)[O-])c1. The molecule has 13 heteroatoms. The number of hydrogen-bond acceptors (Lipinski definition) is 7. The molecule has 2 amide bonds. The van der Waals surface area contributed by atoms with Crippen molar-refractivity contribution in [2.24, 2.45) is 0 Å². The first-order valence-electron chi connectivity index (χ1n) is 14.7. The smallest absolute Gasteiger partial charge is 0.273 e. The van der Waals surface area contributed by atoms with E-state index < -0.39 is 38.3 Å². The zero-order chi connectivity index (χ0) is 32.7. The number of carbonyl (C=O) groups is 2. The van der Waals surface area contributed by atoms with Gasteiger partial charge in [0.15, 0.2) is 0 Å². The number of benzene rings is 3. The molecule has 1 N–H and O–H groups in total. The number of halogens is 1. The molecule has 0 radical (unpaired) electrons. The van der Waals surface area contributed by atoms with E-state index in [1.165, 1.54) is 49.3 Å². The zero-order valence-corrected chi connectivity index (χ0v) is 27.0. The van der Waals surface area contributed by atoms with Gasteiger partial charge in [0.2, 0.25) is 11.8 Å². The Morgan fingerprint density at radius 2 is 1.78 bits per heavy atom. The van der Waals surface area contributed by atoms with E-state index in [-0.39, 0.29) is 52.6 Å². The summed E-state index contributed by atoms with van der Waals surface area (Å²) in [6, 6.07) is 16.1. The molecule has 11 nitrogen and oxygen atoms in total. The van der Waals surface area contributed by atoms with E-state index in [1.807, 2.05) is 30.3 Å². The fraction of sp³-hybridized carbons (Fsp3) is 0.375. The molecule has 1 unspecified atom stereocenters. The first-order chi connectivity index (χ1) is 21.5. The van der Waals surface area contributed by atoms with Crippen molar-refractivity contribution < 1.29 is 27.7 Å². The summed E-state index contributed by atoms with van der Waals surface area (Å²) in [6.07, 6.45) is 4.03. The Kier molecular flexibility index (Phi) is 11.1. The molecule has 0 aromatic heterocycles. The fourth-order valence-corrected chi connectivity index (χ4v) is 7.12. The van der Waals surface area contributed by atoms with Gasteiger partial charge >= 0.3 is 0 Å². The lowest BCUT2D eigenvalue weighted by atomic mass is 10.1. The Morgan fingerprint density at radius 1 is 1.09 bits per heavy atom. The molecule has 1 atom stereocenters. The van der Waals surface area contributed by atoms with Gasteiger partial charge in [0.25, 0.3) is 15.7 Å². The summed E-state index contributed by atoms with van der Waals surface area (Å²) in [5.41, 5.74) is 0.599. The molecule has 4 rings (SSSR count). The van der Waals surface area contributed by atoms with Crippen LogP contribution >= 0.6 is 11.6 Å². The quantitative estimate of drug-likeness (QED) is 0.186. The minimum Gasteiger partial charge on any atom is -0.495 e. The molecule has 1 saturated carbocycles. The summed E-state index contributed by atoms with van der Waals surface area (Å²) in [6.45, 7) is 2.61. The van der Waals surface area contributed by atoms with Crippen molar-refractivity contribution in [3.8, 4) is 5.75 Å². The number of aryl methyl sites for hydroxylation is 1. The molecule has 0 saturated heterocycles. The number of ether oxygens (including phenoxy) is 1. The second-order valence-corrected chi connectivity index (χ2v) is 13.3. The van der Waals surface area contributed by atoms with Crippen molar-refractivity contribution in [2.75, 3.05) is 18.0 Å². The number of amides is 2. The summed E-state index contributed by atoms with van der Waals surface area (Å²) in [4.78, 5) is 39.9. The molecule has 3 aromatic rings. The summed E-state index contributed by atoms with van der Waals surface area (Å²) < 4.78 is 34.8. The normalized spacial score (nSPS) is 14.0. The highest BCUT2D eigenvalue weighted by Gasteiger charge is 2.36. The lowest BCUT2D eigenvalue weighted by Crippen LogP contribution is -2.53. The van der Waals surface area contributed by atoms with Crippen molar-refractivity contribution in [3.05, 3.63) is 93.0 Å². The van der Waals surface area contributed by atoms with Crippen LogP contribution in [-0.2, 0) is 26.2 Å². The van der Waals surface area contributed by atoms with Crippen LogP contribution in [0.15, 0.2) is 71.6 Å². The molecular formula is C32H37ClN4O7S. The van der Waals surface area contributed by atoms with E-state index in [0.29, 0.717) is 0 Å². The number of nitro groups is 1. The van der Waals surface area contributed by atoms with Gasteiger partial charge in [-0.05, 0) is 56.0 Å². The van der Waals surface area contributed by atoms with Gasteiger partial charge in [-0.1, -0.05) is 67.8 Å². The predicted molar refractivity (Wildman–Crippen MR) is 172 cm³/mol. The van der Waals surface area contributed by atoms with E-state index in [9.17, 15) is 28.1 Å². The van der Waals surface area contributed by atoms with Crippen LogP contribution < -0.4 is 14.4 Å². The van der Waals surface area contributed by atoms with Crippen molar-refractivity contribution in [1.29, 1.82) is 0 Å². The van der Waals surface area contributed by atoms with Gasteiger partial charge in [0.1, 0.15) is 18.3 Å². The molecule has 0 aliphatic heterocycles. The number of nitrogens with one attached hydrogen (secondary N) is 1. The highest BCUT2D eigenvalue weighted by molar-refractivity contribution is 7.92. The molecule has 1 aliphatic rings. The number of methoxy groups -OCH3 is 1. The molecular weight excluding hydrogens is 620 g/mol. The van der Waals surface area contributed by atoms with Gasteiger partial charge in [-0.25, -0.2) is 8.42 Å². The maximum absolute atomic E-state index is 14.3. The van der Waals surface area contributed by atoms with Crippen LogP contribution in [0.1, 0.15) is 50.2 Å². The molecule has 1 fully saturated rings. The summed E-state index contributed by atoms with van der Waals surface area (Å²) in [7, 11) is -3.26. The Balaban J connectivity index is 1.80. The van der Waals surface area contributed by atoms with Gasteiger partial charge in [-0.3, -0.25) is 24.0 Å². The van der Waals surface area contributed by atoms with Crippen LogP contribution in [-0.4, -0.2) is 55.8 Å². The molecule has 240 valence electrons. The monoisotopic (exact) mass is 656 g/mol. The number of hydrogen-bond donors (Lipinski definition) is 1. The van der Waals surface area contributed by atoms with Crippen LogP contribution in [0.25, 0.3) is 0 Å². The lowest BCUT2D eigenvalue weighted by molar-refractivity contribution is -0.385. The van der Waals surface area contributed by atoms with Crippen molar-refractivity contribution >= 4 is 44.8 Å². The third-order valence-corrected chi connectivity index (χ3v) is 9.93. The summed E-state index contributed by atoms with van der Waals surface area (Å²) in [5, 5.41) is 14.9. The second kappa shape index (κ2) is 14.7. The standard InChI is InChI=1S/C32H37ClN4O7S/c1-4-27(32(39)34-25-12-8-9-13-25)35(20-23-10-6-5-7-11-23)31(38)21-36(29-18-24(33)15-17-30(29)44-3)45(42,43)26-16-14-22(2)28(19-26)37(40)41/h5-7,10-11,14-19,25,27H,4,8-9,12-13,20-21H2,1-3H3,(H,34,39). The van der Waals surface area contributed by atoms with E-state index in [2.05, 4.69) is 5.32 Å². The maximum atomic E-state index is 14.3. The van der Waals surface area contributed by atoms with E-state index in [0.717, 1.165) is 41.6 Å². The van der Waals surface area contributed by atoms with E-state index >= 15 is 0 Å². The van der Waals surface area contributed by atoms with Gasteiger partial charge < -0.3 is 15.0 Å². The summed E-state index contributed by atoms with van der Waals surface area (Å²) >= 11 is 6.29. The molecule has 0 bridgehead atoms. The van der Waals surface area contributed by atoms with Crippen LogP contribution in [0.3, 0.4) is 0 Å². The molecule has 0 spiro atoms. The van der Waals surface area contributed by atoms with E-state index in [4.69, 9.17) is 16.3 Å². The van der Waals surface area contributed by atoms with Crippen molar-refractivity contribution in [1.82, 2.24) is 10.2 Å². The largest absolute Gasteiger partial charge is 0.495 e. The number of sulfonamides is 1. The number of carbonyl (C=O) groups excluding carboxylic acids is 2. The van der Waals surface area contributed by atoms with Crippen molar-refractivity contribution in [3.63, 3.8) is 0 Å². The van der Waals surface area contributed by atoms with Crippen molar-refractivity contribution in [2.45, 2.75) is 69.5 Å². The van der Waals surface area contributed by atoms with Gasteiger partial charge in [0.05, 0.1) is 22.6 Å². The highest BCUT2D eigenvalue weighted by atomic mass is 35.5. The molecule has 0 heterocycles. The average molecular weight is 657 g/mol. The minimum absolute atomic E-state index is 0.0187. The highest BCUT2D eigenvalue weighted by Crippen LogP contribution is 2.36. The van der Waals surface area contributed by atoms with Gasteiger partial charge in [0, 0.05) is 29.2 Å². The summed E-state index contributed by atoms with van der Waals surface area (Å²) in [5.74, 6) is -0.852. The number of rotatable bonds is 13. The lowest BCUT2D eigenvalue weighted by Gasteiger charge is -2.34. The third-order valence-electron chi connectivity index (χ3n) is 7.94. The Hall–Kier alpha value is -4.16. The number of nitrogens with zero attached hydrogens (tertiary/aromatic N) is 3. The second-order valence-electron chi connectivity index (χ2n) is 11.0. The Bertz CT molecular complexity index is 1650. The topological polar surface area (TPSA) is 139 Å². The predicted octanol–water partition coefficient (Wildman–Crippen LogP) is 5.63. The van der Waals surface area contributed by atoms with Crippen LogP contribution in [0.2, 0.25) is 5.02 Å². The number of nitro benzene ring substituents is 1. The Morgan fingerprint density at radius 3 is 2.40 bits per heavy atom. The molecule has 45 heavy (non-hydrogen) atoms. The minimum atomic E-state index is -4.61. The first kappa shape index (κ1) is 33.7. The number of anilines is 1. The van der Waals surface area contributed by atoms with Crippen LogP contribution in [0.5, 0.6) is 5.75 Å². The average Bonchev–Trinajstić information content (AvgIpc) is 3.53. The zero-order valence-electron chi connectivity index (χ0n) is 25.4.